The number of hydrogen-bond donors (Lipinski definition) is 2. The quantitative estimate of drug-likeness (QED) is 0.107. The predicted octanol–water partition coefficient (Wildman–Crippen LogP) is 21.1. The number of rotatable bonds is 12. The van der Waals surface area contributed by atoms with Crippen LogP contribution in [0, 0.1) is 23.4 Å². The average Bonchev–Trinajstić information content (AvgIpc) is 1.59. The van der Waals surface area contributed by atoms with Crippen LogP contribution in [0.1, 0.15) is 60.8 Å². The van der Waals surface area contributed by atoms with Crippen molar-refractivity contribution < 1.29 is 8.78 Å². The number of allylic oxidation sites excluding steroid dienone is 2. The van der Waals surface area contributed by atoms with Crippen molar-refractivity contribution in [3.05, 3.63) is 321 Å². The fourth-order valence-corrected chi connectivity index (χ4v) is 20.6. The van der Waals surface area contributed by atoms with Crippen molar-refractivity contribution in [2.45, 2.75) is 65.3 Å². The molecule has 142 heavy (non-hydrogen) atoms. The summed E-state index contributed by atoms with van der Waals surface area (Å²) in [6, 6.07) is 74.9. The number of piperazine rings is 1. The Kier molecular flexibility index (Phi) is 30.1. The second-order valence-corrected chi connectivity index (χ2v) is 37.9. The lowest BCUT2D eigenvalue weighted by atomic mass is 10.0. The SMILES string of the molecule is CC1=NN(C)C2NN=C(c3cccc(F)c3)C(Cl)=C12.CC1=NN(C)C2NN=C(c3ccccc3)C(F)=C12.CN1CCN(CCn2nc3nnc(-c4ccccc4)c(Cl)c3c2I)CC1.Cc1nn(C)c2nnc(-c3ccccc3)c(Br)c12.Cc1nn(C)c2nnc(-c3ccccc3)c(Cl)c12.Cn1nc(-c2ccccc2)c2c(Cl)c(-c3ccccc3)nnc21.Cn1nc(C2CC2)c2c(Cl)c(-c3ccccc3)nnc21. The summed E-state index contributed by atoms with van der Waals surface area (Å²) in [5.74, 6) is -0.0784. The molecule has 39 heteroatoms. The zero-order valence-corrected chi connectivity index (χ0v) is 86.4. The number of likely N-dealkylation sites (N-methyl/N-ethyl adjacent to an activating group) is 3. The molecular formula is C103H93BrCl5F2IN30. The number of hydrogen-bond acceptors (Lipinski definition) is 25. The Hall–Kier alpha value is -13.7. The van der Waals surface area contributed by atoms with Gasteiger partial charge in [0, 0.05) is 131 Å². The molecule has 718 valence electrons. The largest absolute Gasteiger partial charge is 0.304 e. The van der Waals surface area contributed by atoms with Gasteiger partial charge in [0.05, 0.1) is 97.1 Å². The third-order valence-electron chi connectivity index (χ3n) is 24.5. The molecule has 2 unspecified atom stereocenters. The first-order valence-corrected chi connectivity index (χ1v) is 49.2. The van der Waals surface area contributed by atoms with Crippen molar-refractivity contribution >= 4 is 175 Å². The second-order valence-electron chi connectivity index (χ2n) is 34.2. The monoisotopic (exact) mass is 2170 g/mol. The summed E-state index contributed by atoms with van der Waals surface area (Å²) < 4.78 is 38.7. The maximum absolute atomic E-state index is 14.5. The van der Waals surface area contributed by atoms with E-state index in [4.69, 9.17) is 58.0 Å². The number of benzene rings is 8. The standard InChI is InChI=1S/C18H20ClIN6.C18H13ClN4.C15H13ClN4.C13H11BrN4.C13H12ClFN4.C13H11ClN4.C13H13FN4/c1-24-7-9-25(10-8-24)11-12-26-17(20)14-15(19)16(21-22-18(14)23-26)13-5-3-2-4-6-13;1-23-18-14(16(22-23)12-8-4-2-5-9-12)15(19)17(20-21-18)13-10-6-3-7-11-13;1-20-15-11(13(19-20)10-7-8-10)12(16)14(17-18-15)9-5-3-2-4-6-9;1-8-10-11(14)12(9-6-4-3-5-7-9)15-16-13(10)18(2)17-8;1-7-10-11(14)12(8-4-3-5-9(15)6-8)16-17-13(10)19(2)18-7;2*1-8-10-11(14)12(9-6-4-3-5-7-9)15-16-13(10)18(2)17-8/h2-6H,7-12H2,1H3;2-11H,1H3;2-6,10H,7-8H2,1H3;3-7H,1-2H3;3-6,13,17H,1-2H3;3-7H,1-2H3;3-7,13,16H,1-2H3. The molecule has 10 aromatic heterocycles. The molecule has 6 aliphatic rings. The summed E-state index contributed by atoms with van der Waals surface area (Å²) in [4.78, 5) is 4.84. The van der Waals surface area contributed by atoms with E-state index in [2.05, 4.69) is 163 Å². The van der Waals surface area contributed by atoms with E-state index < -0.39 is 0 Å². The maximum atomic E-state index is 14.5. The van der Waals surface area contributed by atoms with Crippen LogP contribution in [0.15, 0.2) is 283 Å². The first kappa shape index (κ1) is 98.5. The number of nitrogens with one attached hydrogen (secondary N) is 2. The molecule has 0 spiro atoms. The molecule has 1 saturated heterocycles. The van der Waals surface area contributed by atoms with Gasteiger partial charge in [-0.05, 0) is 98.2 Å². The third-order valence-corrected chi connectivity index (χ3v) is 28.2. The van der Waals surface area contributed by atoms with Gasteiger partial charge in [-0.2, -0.15) is 40.8 Å². The lowest BCUT2D eigenvalue weighted by Crippen LogP contribution is -2.45. The Labute approximate surface area is 863 Å². The lowest BCUT2D eigenvalue weighted by Gasteiger charge is -2.32. The molecule has 5 aliphatic heterocycles. The summed E-state index contributed by atoms with van der Waals surface area (Å²) >= 11 is 38.8. The Morgan fingerprint density at radius 2 is 0.754 bits per heavy atom. The molecule has 30 nitrogen and oxygen atoms in total. The summed E-state index contributed by atoms with van der Waals surface area (Å²) in [6.45, 7) is 13.9. The van der Waals surface area contributed by atoms with Crippen LogP contribution < -0.4 is 10.9 Å². The zero-order valence-electron chi connectivity index (χ0n) is 78.8. The highest BCUT2D eigenvalue weighted by Crippen LogP contribution is 2.46. The van der Waals surface area contributed by atoms with Gasteiger partial charge in [-0.1, -0.05) is 282 Å². The highest BCUT2D eigenvalue weighted by atomic mass is 127. The van der Waals surface area contributed by atoms with Crippen molar-refractivity contribution in [1.29, 1.82) is 0 Å². The Morgan fingerprint density at radius 1 is 0.373 bits per heavy atom. The Morgan fingerprint density at radius 3 is 1.25 bits per heavy atom. The van der Waals surface area contributed by atoms with E-state index in [1.807, 2.05) is 273 Å². The topological polar surface area (TPSA) is 304 Å². The Bertz CT molecular complexity index is 7790. The van der Waals surface area contributed by atoms with Crippen molar-refractivity contribution in [2.24, 2.45) is 48.6 Å². The highest BCUT2D eigenvalue weighted by molar-refractivity contribution is 14.1. The van der Waals surface area contributed by atoms with Gasteiger partial charge in [0.25, 0.3) is 0 Å². The number of aryl methyl sites for hydroxylation is 6. The van der Waals surface area contributed by atoms with Crippen molar-refractivity contribution in [1.82, 2.24) is 131 Å². The van der Waals surface area contributed by atoms with E-state index in [1.54, 1.807) is 54.8 Å². The number of nitrogens with zero attached hydrogens (tertiary/aromatic N) is 28. The molecule has 15 heterocycles. The van der Waals surface area contributed by atoms with Gasteiger partial charge in [0.1, 0.15) is 55.1 Å². The minimum absolute atomic E-state index is 0.148. The summed E-state index contributed by atoms with van der Waals surface area (Å²) in [7, 11) is 13.3. The molecule has 1 aliphatic carbocycles. The first-order chi connectivity index (χ1) is 68.8. The van der Waals surface area contributed by atoms with Gasteiger partial charge in [-0.15, -0.1) is 56.1 Å². The van der Waals surface area contributed by atoms with Gasteiger partial charge in [-0.3, -0.25) is 30.5 Å². The smallest absolute Gasteiger partial charge is 0.205 e. The third kappa shape index (κ3) is 20.7. The van der Waals surface area contributed by atoms with Crippen LogP contribution in [0.2, 0.25) is 20.1 Å². The molecule has 0 amide bonds. The van der Waals surface area contributed by atoms with Gasteiger partial charge >= 0.3 is 0 Å². The highest BCUT2D eigenvalue weighted by Gasteiger charge is 2.38. The van der Waals surface area contributed by atoms with E-state index in [0.717, 1.165) is 170 Å². The summed E-state index contributed by atoms with van der Waals surface area (Å²) in [5, 5.41) is 93.2. The molecule has 1 saturated carbocycles. The molecule has 0 radical (unpaired) electrons. The van der Waals surface area contributed by atoms with E-state index in [-0.39, 0.29) is 24.0 Å². The number of aromatic nitrogens is 20. The predicted molar refractivity (Wildman–Crippen MR) is 572 cm³/mol. The number of fused-ring (bicyclic) bond motifs is 7. The molecule has 18 aromatic rings. The summed E-state index contributed by atoms with van der Waals surface area (Å²) in [5.41, 5.74) is 28.0. The Balaban J connectivity index is 0.000000110. The van der Waals surface area contributed by atoms with Crippen LogP contribution in [0.25, 0.3) is 123 Å². The van der Waals surface area contributed by atoms with Crippen molar-refractivity contribution in [3.63, 3.8) is 0 Å². The molecule has 2 atom stereocenters. The fraction of sp³-hybridized carbons (Fsp3) is 0.214. The van der Waals surface area contributed by atoms with E-state index in [9.17, 15) is 8.78 Å². The van der Waals surface area contributed by atoms with Crippen molar-refractivity contribution in [3.8, 4) is 67.5 Å². The normalized spacial score (nSPS) is 15.5. The molecule has 2 fully saturated rings. The van der Waals surface area contributed by atoms with Crippen molar-refractivity contribution in [2.75, 3.05) is 53.9 Å². The summed E-state index contributed by atoms with van der Waals surface area (Å²) in [6.07, 6.45) is 1.93. The lowest BCUT2D eigenvalue weighted by molar-refractivity contribution is 0.148. The maximum Gasteiger partial charge on any atom is 0.205 e. The van der Waals surface area contributed by atoms with Gasteiger partial charge in [0.15, 0.2) is 40.7 Å². The number of halogens is 9. The van der Waals surface area contributed by atoms with E-state index >= 15 is 0 Å². The molecule has 24 rings (SSSR count). The van der Waals surface area contributed by atoms with E-state index in [1.165, 1.54) is 25.0 Å². The minimum atomic E-state index is -0.314. The zero-order chi connectivity index (χ0) is 99.3. The van der Waals surface area contributed by atoms with Crippen LogP contribution >= 0.6 is 96.5 Å². The second kappa shape index (κ2) is 43.4. The van der Waals surface area contributed by atoms with Crippen LogP contribution in [-0.4, -0.2) is 209 Å². The van der Waals surface area contributed by atoms with Gasteiger partial charge < -0.3 is 4.90 Å². The fourth-order valence-electron chi connectivity index (χ4n) is 17.1. The molecule has 8 aromatic carbocycles. The first-order valence-electron chi connectivity index (χ1n) is 45.4. The van der Waals surface area contributed by atoms with Crippen LogP contribution in [0.4, 0.5) is 8.78 Å². The molecule has 2 N–H and O–H groups in total. The van der Waals surface area contributed by atoms with Crippen LogP contribution in [0.3, 0.4) is 0 Å². The average molecular weight is 2170 g/mol. The van der Waals surface area contributed by atoms with Gasteiger partial charge in [-0.25, -0.2) is 27.5 Å². The van der Waals surface area contributed by atoms with Crippen LogP contribution in [-0.2, 0) is 34.7 Å². The number of hydrazone groups is 4. The van der Waals surface area contributed by atoms with Crippen LogP contribution in [0.5, 0.6) is 0 Å². The minimum Gasteiger partial charge on any atom is -0.304 e. The van der Waals surface area contributed by atoms with Gasteiger partial charge in [0.2, 0.25) is 5.65 Å². The van der Waals surface area contributed by atoms with E-state index in [0.29, 0.717) is 93.3 Å². The molecule has 0 bridgehead atoms. The molecular weight excluding hydrogens is 2080 g/mol.